The van der Waals surface area contributed by atoms with E-state index < -0.39 is 0 Å². The summed E-state index contributed by atoms with van der Waals surface area (Å²) >= 11 is 0. The Balaban J connectivity index is 2.09. The molecule has 1 atom stereocenters. The molecule has 0 radical (unpaired) electrons. The third-order valence-corrected chi connectivity index (χ3v) is 6.92. The molecule has 0 heteroatoms. The molecule has 0 aliphatic heterocycles. The van der Waals surface area contributed by atoms with Gasteiger partial charge in [-0.1, -0.05) is 150 Å². The number of rotatable bonds is 12. The van der Waals surface area contributed by atoms with Crippen molar-refractivity contribution in [3.8, 4) is 0 Å². The van der Waals surface area contributed by atoms with Crippen LogP contribution in [0.5, 0.6) is 0 Å². The highest BCUT2D eigenvalue weighted by Gasteiger charge is 2.44. The van der Waals surface area contributed by atoms with Crippen LogP contribution in [0.25, 0.3) is 0 Å². The van der Waals surface area contributed by atoms with Crippen molar-refractivity contribution in [1.82, 2.24) is 0 Å². The van der Waals surface area contributed by atoms with Gasteiger partial charge in [0.05, 0.1) is 0 Å². The maximum atomic E-state index is 2.42. The first-order valence-electron chi connectivity index (χ1n) is 12.4. The van der Waals surface area contributed by atoms with Crippen LogP contribution in [0.3, 0.4) is 0 Å². The van der Waals surface area contributed by atoms with Gasteiger partial charge < -0.3 is 0 Å². The molecule has 1 unspecified atom stereocenters. The maximum absolute atomic E-state index is 2.42. The molecule has 0 saturated heterocycles. The molecule has 3 aromatic carbocycles. The summed E-state index contributed by atoms with van der Waals surface area (Å²) in [5.41, 5.74) is 4.10. The molecule has 3 rings (SSSR count). The largest absolute Gasteiger partial charge is 0.0654 e. The standard InChI is InChI=1S/C31H40/c1-4-5-6-7-8-18-25-30(26(2)3)31(27-19-12-9-13-20-27,28-21-14-10-15-22-28)29-23-16-11-17-24-29/h9-17,19-24,26,30H,4-8,18,25H2,1-3H3. The summed E-state index contributed by atoms with van der Waals surface area (Å²) in [6, 6.07) is 33.7. The molecule has 0 bridgehead atoms. The van der Waals surface area contributed by atoms with E-state index in [1.54, 1.807) is 0 Å². The van der Waals surface area contributed by atoms with E-state index in [9.17, 15) is 0 Å². The third kappa shape index (κ3) is 5.48. The summed E-state index contributed by atoms with van der Waals surface area (Å²) in [4.78, 5) is 0. The van der Waals surface area contributed by atoms with Gasteiger partial charge in [0.25, 0.3) is 0 Å². The van der Waals surface area contributed by atoms with E-state index in [-0.39, 0.29) is 5.41 Å². The first kappa shape index (κ1) is 23.3. The normalized spacial score (nSPS) is 12.8. The van der Waals surface area contributed by atoms with E-state index in [4.69, 9.17) is 0 Å². The molecule has 0 heterocycles. The van der Waals surface area contributed by atoms with Crippen molar-refractivity contribution in [1.29, 1.82) is 0 Å². The van der Waals surface area contributed by atoms with Gasteiger partial charge >= 0.3 is 0 Å². The van der Waals surface area contributed by atoms with Crippen molar-refractivity contribution < 1.29 is 0 Å². The van der Waals surface area contributed by atoms with Gasteiger partial charge in [0.15, 0.2) is 0 Å². The van der Waals surface area contributed by atoms with Gasteiger partial charge in [-0.3, -0.25) is 0 Å². The Bertz CT molecular complexity index is 752. The lowest BCUT2D eigenvalue weighted by molar-refractivity contribution is 0.253. The van der Waals surface area contributed by atoms with E-state index >= 15 is 0 Å². The van der Waals surface area contributed by atoms with Gasteiger partial charge in [-0.2, -0.15) is 0 Å². The van der Waals surface area contributed by atoms with Gasteiger partial charge in [-0.25, -0.2) is 0 Å². The fraction of sp³-hybridized carbons (Fsp3) is 0.419. The summed E-state index contributed by atoms with van der Waals surface area (Å²) in [6.45, 7) is 7.14. The van der Waals surface area contributed by atoms with Gasteiger partial charge in [-0.05, 0) is 34.9 Å². The van der Waals surface area contributed by atoms with E-state index in [0.717, 1.165) is 0 Å². The van der Waals surface area contributed by atoms with Crippen molar-refractivity contribution in [3.63, 3.8) is 0 Å². The van der Waals surface area contributed by atoms with Crippen LogP contribution in [-0.4, -0.2) is 0 Å². The molecule has 31 heavy (non-hydrogen) atoms. The van der Waals surface area contributed by atoms with Crippen LogP contribution in [0.15, 0.2) is 91.0 Å². The van der Waals surface area contributed by atoms with Crippen LogP contribution >= 0.6 is 0 Å². The predicted molar refractivity (Wildman–Crippen MR) is 136 cm³/mol. The average molecular weight is 413 g/mol. The zero-order chi connectivity index (χ0) is 21.9. The molecule has 0 aliphatic rings. The summed E-state index contributed by atoms with van der Waals surface area (Å²) in [5, 5.41) is 0. The van der Waals surface area contributed by atoms with Crippen LogP contribution < -0.4 is 0 Å². The Kier molecular flexibility index (Phi) is 8.95. The van der Waals surface area contributed by atoms with E-state index in [1.807, 2.05) is 0 Å². The zero-order valence-electron chi connectivity index (χ0n) is 19.8. The van der Waals surface area contributed by atoms with Gasteiger partial charge in [0.2, 0.25) is 0 Å². The van der Waals surface area contributed by atoms with Crippen LogP contribution in [0.1, 0.15) is 82.4 Å². The molecule has 0 saturated carbocycles. The van der Waals surface area contributed by atoms with Crippen LogP contribution in [-0.2, 0) is 5.41 Å². The quantitative estimate of drug-likeness (QED) is 0.205. The Morgan fingerprint density at radius 2 is 0.935 bits per heavy atom. The monoisotopic (exact) mass is 412 g/mol. The number of hydrogen-bond donors (Lipinski definition) is 0. The van der Waals surface area contributed by atoms with Crippen molar-refractivity contribution >= 4 is 0 Å². The zero-order valence-corrected chi connectivity index (χ0v) is 19.8. The average Bonchev–Trinajstić information content (AvgIpc) is 2.82. The molecule has 0 spiro atoms. The van der Waals surface area contributed by atoms with Crippen molar-refractivity contribution in [2.45, 2.75) is 71.1 Å². The predicted octanol–water partition coefficient (Wildman–Crippen LogP) is 9.04. The highest BCUT2D eigenvalue weighted by Crippen LogP contribution is 2.49. The Hall–Kier alpha value is -2.34. The number of unbranched alkanes of at least 4 members (excludes halogenated alkanes) is 5. The van der Waals surface area contributed by atoms with E-state index in [2.05, 4.69) is 112 Å². The Labute approximate surface area is 190 Å². The first-order chi connectivity index (χ1) is 15.2. The number of benzene rings is 3. The minimum Gasteiger partial charge on any atom is -0.0654 e. The summed E-state index contributed by atoms with van der Waals surface area (Å²) in [6.07, 6.45) is 9.34. The lowest BCUT2D eigenvalue weighted by atomic mass is 9.57. The Morgan fingerprint density at radius 1 is 0.548 bits per heavy atom. The number of hydrogen-bond acceptors (Lipinski definition) is 0. The molecule has 0 aromatic heterocycles. The van der Waals surface area contributed by atoms with Crippen LogP contribution in [0, 0.1) is 11.8 Å². The van der Waals surface area contributed by atoms with Crippen molar-refractivity contribution in [2.24, 2.45) is 11.8 Å². The summed E-state index contributed by atoms with van der Waals surface area (Å²) in [5.74, 6) is 1.11. The Morgan fingerprint density at radius 3 is 1.32 bits per heavy atom. The van der Waals surface area contributed by atoms with E-state index in [1.165, 1.54) is 61.6 Å². The second-order valence-electron chi connectivity index (χ2n) is 9.31. The highest BCUT2D eigenvalue weighted by atomic mass is 14.5. The van der Waals surface area contributed by atoms with Gasteiger partial charge in [-0.15, -0.1) is 0 Å². The maximum Gasteiger partial charge on any atom is 0.0481 e. The summed E-state index contributed by atoms with van der Waals surface area (Å²) in [7, 11) is 0. The molecule has 164 valence electrons. The second-order valence-corrected chi connectivity index (χ2v) is 9.31. The SMILES string of the molecule is CCCCCCCCC(C(C)C)C(c1ccccc1)(c1ccccc1)c1ccccc1. The molecule has 0 nitrogen and oxygen atoms in total. The molecule has 0 fully saturated rings. The molecule has 0 aliphatic carbocycles. The lowest BCUT2D eigenvalue weighted by Crippen LogP contribution is -2.40. The highest BCUT2D eigenvalue weighted by molar-refractivity contribution is 5.51. The van der Waals surface area contributed by atoms with Gasteiger partial charge in [0, 0.05) is 5.41 Å². The van der Waals surface area contributed by atoms with Crippen molar-refractivity contribution in [2.75, 3.05) is 0 Å². The summed E-state index contributed by atoms with van der Waals surface area (Å²) < 4.78 is 0. The van der Waals surface area contributed by atoms with Crippen LogP contribution in [0.2, 0.25) is 0 Å². The van der Waals surface area contributed by atoms with Gasteiger partial charge in [0.1, 0.15) is 0 Å². The smallest absolute Gasteiger partial charge is 0.0481 e. The molecule has 3 aromatic rings. The minimum absolute atomic E-state index is 0.138. The minimum atomic E-state index is -0.138. The molecular formula is C31H40. The lowest BCUT2D eigenvalue weighted by Gasteiger charge is -2.45. The van der Waals surface area contributed by atoms with Crippen molar-refractivity contribution in [3.05, 3.63) is 108 Å². The van der Waals surface area contributed by atoms with E-state index in [0.29, 0.717) is 11.8 Å². The fourth-order valence-electron chi connectivity index (χ4n) is 5.44. The topological polar surface area (TPSA) is 0 Å². The van der Waals surface area contributed by atoms with Crippen LogP contribution in [0.4, 0.5) is 0 Å². The fourth-order valence-corrected chi connectivity index (χ4v) is 5.44. The molecular weight excluding hydrogens is 372 g/mol. The third-order valence-electron chi connectivity index (χ3n) is 6.92. The molecule has 0 N–H and O–H groups in total. The first-order valence-corrected chi connectivity index (χ1v) is 12.4. The second kappa shape index (κ2) is 11.9. The molecule has 0 amide bonds.